The van der Waals surface area contributed by atoms with E-state index in [9.17, 15) is 4.79 Å². The first-order valence-electron chi connectivity index (χ1n) is 9.91. The Hall–Kier alpha value is -3.30. The first kappa shape index (κ1) is 17.8. The fraction of sp³-hybridized carbons (Fsp3) is 0.474. The molecular weight excluding hydrogens is 372 g/mol. The second-order valence-corrected chi connectivity index (χ2v) is 7.52. The number of amides is 1. The Labute approximate surface area is 167 Å². The highest BCUT2D eigenvalue weighted by Gasteiger charge is 2.33. The standard InChI is InChI=1S/C19H22N8O2/c28-19(14-5-6-18(20-9-14)29-17-3-1-2-4-17)25-12-16(13-25)26-10-15(23-24-26)11-27-21-7-8-22-27/h5-10,16-17H,1-4,11-13H2. The van der Waals surface area contributed by atoms with Crippen LogP contribution in [0.15, 0.2) is 36.9 Å². The number of likely N-dealkylation sites (tertiary alicyclic amines) is 1. The van der Waals surface area contributed by atoms with Gasteiger partial charge < -0.3 is 9.64 Å². The Morgan fingerprint density at radius 2 is 1.93 bits per heavy atom. The molecule has 0 aromatic carbocycles. The lowest BCUT2D eigenvalue weighted by atomic mass is 10.1. The Bertz CT molecular complexity index is 957. The quantitative estimate of drug-likeness (QED) is 0.621. The highest BCUT2D eigenvalue weighted by atomic mass is 16.5. The van der Waals surface area contributed by atoms with E-state index < -0.39 is 0 Å². The summed E-state index contributed by atoms with van der Waals surface area (Å²) in [4.78, 5) is 20.3. The number of nitrogens with zero attached hydrogens (tertiary/aromatic N) is 8. The molecular formula is C19H22N8O2. The largest absolute Gasteiger partial charge is 0.474 e. The number of hydrogen-bond donors (Lipinski definition) is 0. The van der Waals surface area contributed by atoms with Crippen LogP contribution in [-0.4, -0.2) is 65.0 Å². The van der Waals surface area contributed by atoms with Crippen molar-refractivity contribution in [2.24, 2.45) is 0 Å². The fourth-order valence-corrected chi connectivity index (χ4v) is 3.76. The van der Waals surface area contributed by atoms with Gasteiger partial charge in [0.25, 0.3) is 5.91 Å². The molecule has 2 aliphatic rings. The van der Waals surface area contributed by atoms with E-state index in [4.69, 9.17) is 4.74 Å². The smallest absolute Gasteiger partial charge is 0.255 e. The molecule has 5 rings (SSSR count). The van der Waals surface area contributed by atoms with E-state index >= 15 is 0 Å². The van der Waals surface area contributed by atoms with Crippen molar-refractivity contribution < 1.29 is 9.53 Å². The monoisotopic (exact) mass is 394 g/mol. The summed E-state index contributed by atoms with van der Waals surface area (Å²) in [5.74, 6) is 0.569. The summed E-state index contributed by atoms with van der Waals surface area (Å²) in [7, 11) is 0. The maximum absolute atomic E-state index is 12.7. The zero-order valence-corrected chi connectivity index (χ0v) is 16.0. The Kier molecular flexibility index (Phi) is 4.66. The molecule has 3 aromatic heterocycles. The van der Waals surface area contributed by atoms with Crippen molar-refractivity contribution in [3.05, 3.63) is 48.2 Å². The van der Waals surface area contributed by atoms with Crippen molar-refractivity contribution in [1.29, 1.82) is 0 Å². The molecule has 1 amide bonds. The summed E-state index contributed by atoms with van der Waals surface area (Å²) in [6, 6.07) is 3.71. The molecule has 29 heavy (non-hydrogen) atoms. The normalized spacial score (nSPS) is 17.4. The number of carbonyl (C=O) groups is 1. The minimum atomic E-state index is -0.0257. The number of carbonyl (C=O) groups excluding carboxylic acids is 1. The summed E-state index contributed by atoms with van der Waals surface area (Å²) < 4.78 is 7.67. The van der Waals surface area contributed by atoms with E-state index in [2.05, 4.69) is 25.5 Å². The van der Waals surface area contributed by atoms with Gasteiger partial charge in [-0.1, -0.05) is 5.21 Å². The van der Waals surface area contributed by atoms with Crippen molar-refractivity contribution in [2.75, 3.05) is 13.1 Å². The van der Waals surface area contributed by atoms with Gasteiger partial charge in [-0.05, 0) is 31.7 Å². The van der Waals surface area contributed by atoms with Gasteiger partial charge in [0, 0.05) is 25.4 Å². The Morgan fingerprint density at radius 3 is 2.66 bits per heavy atom. The molecule has 10 nitrogen and oxygen atoms in total. The van der Waals surface area contributed by atoms with Crippen LogP contribution in [0.1, 0.15) is 47.8 Å². The minimum Gasteiger partial charge on any atom is -0.474 e. The highest BCUT2D eigenvalue weighted by Crippen LogP contribution is 2.25. The van der Waals surface area contributed by atoms with Gasteiger partial charge in [0.1, 0.15) is 18.3 Å². The zero-order valence-electron chi connectivity index (χ0n) is 16.0. The number of aromatic nitrogens is 7. The lowest BCUT2D eigenvalue weighted by molar-refractivity contribution is 0.0498. The molecule has 1 saturated heterocycles. The molecule has 1 saturated carbocycles. The molecule has 2 fully saturated rings. The maximum atomic E-state index is 12.7. The molecule has 150 valence electrons. The predicted molar refractivity (Wildman–Crippen MR) is 101 cm³/mol. The molecule has 4 heterocycles. The van der Waals surface area contributed by atoms with Crippen LogP contribution in [-0.2, 0) is 6.54 Å². The van der Waals surface area contributed by atoms with E-state index in [1.165, 1.54) is 12.8 Å². The van der Waals surface area contributed by atoms with Crippen LogP contribution in [0.25, 0.3) is 0 Å². The van der Waals surface area contributed by atoms with E-state index in [1.807, 2.05) is 6.20 Å². The third kappa shape index (κ3) is 3.82. The van der Waals surface area contributed by atoms with Crippen LogP contribution in [0, 0.1) is 0 Å². The number of ether oxygens (including phenoxy) is 1. The zero-order chi connectivity index (χ0) is 19.6. The molecule has 0 radical (unpaired) electrons. The molecule has 0 spiro atoms. The van der Waals surface area contributed by atoms with Crippen molar-refractivity contribution in [1.82, 2.24) is 39.9 Å². The van der Waals surface area contributed by atoms with Gasteiger partial charge in [0.05, 0.1) is 30.2 Å². The predicted octanol–water partition coefficient (Wildman–Crippen LogP) is 1.33. The van der Waals surface area contributed by atoms with Crippen molar-refractivity contribution in [3.8, 4) is 5.88 Å². The van der Waals surface area contributed by atoms with Gasteiger partial charge in [-0.3, -0.25) is 4.79 Å². The third-order valence-electron chi connectivity index (χ3n) is 5.42. The van der Waals surface area contributed by atoms with Gasteiger partial charge in [0.2, 0.25) is 5.88 Å². The Morgan fingerprint density at radius 1 is 1.14 bits per heavy atom. The lowest BCUT2D eigenvalue weighted by Crippen LogP contribution is -2.50. The van der Waals surface area contributed by atoms with Crippen LogP contribution in [0.4, 0.5) is 0 Å². The molecule has 1 aliphatic heterocycles. The van der Waals surface area contributed by atoms with E-state index in [0.717, 1.165) is 18.5 Å². The van der Waals surface area contributed by atoms with Crippen LogP contribution in [0.5, 0.6) is 5.88 Å². The molecule has 3 aromatic rings. The van der Waals surface area contributed by atoms with Crippen LogP contribution >= 0.6 is 0 Å². The average molecular weight is 394 g/mol. The first-order valence-corrected chi connectivity index (χ1v) is 9.91. The minimum absolute atomic E-state index is 0.0257. The average Bonchev–Trinajstić information content (AvgIpc) is 3.45. The molecule has 0 N–H and O–H groups in total. The second-order valence-electron chi connectivity index (χ2n) is 7.52. The van der Waals surface area contributed by atoms with E-state index in [1.54, 1.807) is 45.1 Å². The van der Waals surface area contributed by atoms with Gasteiger partial charge in [0.15, 0.2) is 0 Å². The van der Waals surface area contributed by atoms with Crippen LogP contribution in [0.3, 0.4) is 0 Å². The molecule has 10 heteroatoms. The van der Waals surface area contributed by atoms with Crippen molar-refractivity contribution in [3.63, 3.8) is 0 Å². The molecule has 1 aliphatic carbocycles. The van der Waals surface area contributed by atoms with Crippen molar-refractivity contribution >= 4 is 5.91 Å². The van der Waals surface area contributed by atoms with Crippen LogP contribution < -0.4 is 4.74 Å². The summed E-state index contributed by atoms with van der Waals surface area (Å²) in [6.07, 6.45) is 11.6. The molecule has 0 bridgehead atoms. The third-order valence-corrected chi connectivity index (χ3v) is 5.42. The summed E-state index contributed by atoms with van der Waals surface area (Å²) in [5.41, 5.74) is 1.36. The van der Waals surface area contributed by atoms with Gasteiger partial charge in [-0.25, -0.2) is 9.67 Å². The van der Waals surface area contributed by atoms with Gasteiger partial charge in [-0.15, -0.1) is 5.10 Å². The fourth-order valence-electron chi connectivity index (χ4n) is 3.76. The number of hydrogen-bond acceptors (Lipinski definition) is 7. The molecule has 0 atom stereocenters. The maximum Gasteiger partial charge on any atom is 0.255 e. The van der Waals surface area contributed by atoms with Crippen molar-refractivity contribution in [2.45, 2.75) is 44.4 Å². The summed E-state index contributed by atoms with van der Waals surface area (Å²) in [5, 5.41) is 16.5. The topological polar surface area (TPSA) is 104 Å². The Balaban J connectivity index is 1.14. The van der Waals surface area contributed by atoms with Gasteiger partial charge in [-0.2, -0.15) is 15.0 Å². The number of rotatable bonds is 6. The van der Waals surface area contributed by atoms with Crippen LogP contribution in [0.2, 0.25) is 0 Å². The number of pyridine rings is 1. The molecule has 0 unspecified atom stereocenters. The SMILES string of the molecule is O=C(c1ccc(OC2CCCC2)nc1)N1CC(n2cc(Cn3nccn3)nn2)C1. The lowest BCUT2D eigenvalue weighted by Gasteiger charge is -2.38. The van der Waals surface area contributed by atoms with E-state index in [0.29, 0.717) is 31.1 Å². The highest BCUT2D eigenvalue weighted by molar-refractivity contribution is 5.94. The van der Waals surface area contributed by atoms with Gasteiger partial charge >= 0.3 is 0 Å². The van der Waals surface area contributed by atoms with E-state index in [-0.39, 0.29) is 18.1 Å². The summed E-state index contributed by atoms with van der Waals surface area (Å²) in [6.45, 7) is 1.67. The summed E-state index contributed by atoms with van der Waals surface area (Å²) >= 11 is 0. The second kappa shape index (κ2) is 7.61. The first-order chi connectivity index (χ1) is 14.2.